The second-order valence-electron chi connectivity index (χ2n) is 4.32. The van der Waals surface area contributed by atoms with Crippen LogP contribution >= 0.6 is 23.4 Å². The van der Waals surface area contributed by atoms with Gasteiger partial charge in [0.25, 0.3) is 0 Å². The van der Waals surface area contributed by atoms with Crippen LogP contribution in [0.1, 0.15) is 24.8 Å². The van der Waals surface area contributed by atoms with Gasteiger partial charge >= 0.3 is 0 Å². The Hall–Kier alpha value is -0.180. The zero-order chi connectivity index (χ0) is 11.4. The Labute approximate surface area is 107 Å². The Morgan fingerprint density at radius 3 is 3.06 bits per heavy atom. The summed E-state index contributed by atoms with van der Waals surface area (Å²) < 4.78 is 0. The maximum Gasteiger partial charge on any atom is 0.0409 e. The molecule has 0 aliphatic heterocycles. The lowest BCUT2D eigenvalue weighted by Gasteiger charge is -2.19. The SMILES string of the molecule is CSC1CCCC1NCc1cccc(Cl)c1. The lowest BCUT2D eigenvalue weighted by Crippen LogP contribution is -2.33. The Balaban J connectivity index is 1.87. The first-order valence-electron chi connectivity index (χ1n) is 5.80. The molecule has 0 amide bonds. The van der Waals surface area contributed by atoms with Crippen LogP contribution in [-0.2, 0) is 6.54 Å². The third-order valence-corrected chi connectivity index (χ3v) is 4.62. The van der Waals surface area contributed by atoms with Gasteiger partial charge in [-0.1, -0.05) is 30.2 Å². The molecule has 1 fully saturated rings. The first kappa shape index (κ1) is 12.3. The molecule has 1 saturated carbocycles. The van der Waals surface area contributed by atoms with Crippen LogP contribution in [-0.4, -0.2) is 17.5 Å². The van der Waals surface area contributed by atoms with Gasteiger partial charge in [0, 0.05) is 22.9 Å². The molecular weight excluding hydrogens is 238 g/mol. The predicted molar refractivity (Wildman–Crippen MR) is 73.2 cm³/mol. The molecule has 0 spiro atoms. The largest absolute Gasteiger partial charge is 0.309 e. The smallest absolute Gasteiger partial charge is 0.0409 e. The molecule has 1 aromatic carbocycles. The molecule has 1 aliphatic carbocycles. The van der Waals surface area contributed by atoms with Crippen LogP contribution < -0.4 is 5.32 Å². The summed E-state index contributed by atoms with van der Waals surface area (Å²) in [6, 6.07) is 8.78. The summed E-state index contributed by atoms with van der Waals surface area (Å²) in [7, 11) is 0. The fraction of sp³-hybridized carbons (Fsp3) is 0.538. The number of rotatable bonds is 4. The van der Waals surface area contributed by atoms with Crippen LogP contribution in [0, 0.1) is 0 Å². The molecule has 0 heterocycles. The van der Waals surface area contributed by atoms with Crippen molar-refractivity contribution in [1.82, 2.24) is 5.32 Å². The second-order valence-corrected chi connectivity index (χ2v) is 5.84. The quantitative estimate of drug-likeness (QED) is 0.880. The molecule has 1 N–H and O–H groups in total. The number of hydrogen-bond acceptors (Lipinski definition) is 2. The Morgan fingerprint density at radius 2 is 2.31 bits per heavy atom. The van der Waals surface area contributed by atoms with Gasteiger partial charge in [0.05, 0.1) is 0 Å². The molecular formula is C13H18ClNS. The van der Waals surface area contributed by atoms with Gasteiger partial charge in [0.1, 0.15) is 0 Å². The Bertz CT molecular complexity index is 342. The van der Waals surface area contributed by atoms with Crippen molar-refractivity contribution >= 4 is 23.4 Å². The maximum absolute atomic E-state index is 5.96. The average molecular weight is 256 g/mol. The summed E-state index contributed by atoms with van der Waals surface area (Å²) in [5.74, 6) is 0. The van der Waals surface area contributed by atoms with Gasteiger partial charge in [0.2, 0.25) is 0 Å². The van der Waals surface area contributed by atoms with E-state index in [4.69, 9.17) is 11.6 Å². The predicted octanol–water partition coefficient (Wildman–Crippen LogP) is 3.71. The van der Waals surface area contributed by atoms with Gasteiger partial charge in [-0.05, 0) is 36.8 Å². The third-order valence-electron chi connectivity index (χ3n) is 3.21. The highest BCUT2D eigenvalue weighted by molar-refractivity contribution is 7.99. The second kappa shape index (κ2) is 5.95. The first-order valence-corrected chi connectivity index (χ1v) is 7.47. The zero-order valence-electron chi connectivity index (χ0n) is 9.58. The van der Waals surface area contributed by atoms with Gasteiger partial charge in [-0.15, -0.1) is 0 Å². The van der Waals surface area contributed by atoms with Crippen molar-refractivity contribution < 1.29 is 0 Å². The normalized spacial score (nSPS) is 24.9. The summed E-state index contributed by atoms with van der Waals surface area (Å²) in [6.07, 6.45) is 6.24. The molecule has 16 heavy (non-hydrogen) atoms. The topological polar surface area (TPSA) is 12.0 Å². The third kappa shape index (κ3) is 3.16. The van der Waals surface area contributed by atoms with Crippen molar-refractivity contribution in [2.45, 2.75) is 37.1 Å². The van der Waals surface area contributed by atoms with Crippen LogP contribution in [0.5, 0.6) is 0 Å². The number of nitrogens with one attached hydrogen (secondary N) is 1. The molecule has 1 aliphatic rings. The molecule has 2 atom stereocenters. The highest BCUT2D eigenvalue weighted by atomic mass is 35.5. The van der Waals surface area contributed by atoms with Crippen molar-refractivity contribution in [3.8, 4) is 0 Å². The van der Waals surface area contributed by atoms with Gasteiger partial charge in [-0.3, -0.25) is 0 Å². The van der Waals surface area contributed by atoms with Gasteiger partial charge in [-0.25, -0.2) is 0 Å². The summed E-state index contributed by atoms with van der Waals surface area (Å²) in [5.41, 5.74) is 1.28. The highest BCUT2D eigenvalue weighted by Gasteiger charge is 2.25. The molecule has 88 valence electrons. The van der Waals surface area contributed by atoms with E-state index in [0.717, 1.165) is 16.8 Å². The van der Waals surface area contributed by atoms with Crippen LogP contribution in [0.3, 0.4) is 0 Å². The lowest BCUT2D eigenvalue weighted by atomic mass is 10.2. The van der Waals surface area contributed by atoms with Crippen molar-refractivity contribution in [3.63, 3.8) is 0 Å². The van der Waals surface area contributed by atoms with Gasteiger partial charge in [-0.2, -0.15) is 11.8 Å². The molecule has 0 aromatic heterocycles. The number of hydrogen-bond donors (Lipinski definition) is 1. The average Bonchev–Trinajstić information content (AvgIpc) is 2.74. The lowest BCUT2D eigenvalue weighted by molar-refractivity contribution is 0.532. The summed E-state index contributed by atoms with van der Waals surface area (Å²) in [5, 5.41) is 5.26. The highest BCUT2D eigenvalue weighted by Crippen LogP contribution is 2.28. The van der Waals surface area contributed by atoms with E-state index >= 15 is 0 Å². The van der Waals surface area contributed by atoms with Crippen molar-refractivity contribution in [3.05, 3.63) is 34.9 Å². The van der Waals surface area contributed by atoms with Gasteiger partial charge in [0.15, 0.2) is 0 Å². The van der Waals surface area contributed by atoms with E-state index in [2.05, 4.69) is 17.6 Å². The van der Waals surface area contributed by atoms with Crippen molar-refractivity contribution in [2.24, 2.45) is 0 Å². The minimum absolute atomic E-state index is 0.675. The van der Waals surface area contributed by atoms with Crippen LogP contribution in [0.25, 0.3) is 0 Å². The van der Waals surface area contributed by atoms with Crippen LogP contribution in [0.15, 0.2) is 24.3 Å². The molecule has 0 bridgehead atoms. The monoisotopic (exact) mass is 255 g/mol. The number of halogens is 1. The fourth-order valence-corrected chi connectivity index (χ4v) is 3.51. The van der Waals surface area contributed by atoms with Crippen LogP contribution in [0.4, 0.5) is 0 Å². The molecule has 2 unspecified atom stereocenters. The minimum Gasteiger partial charge on any atom is -0.309 e. The minimum atomic E-state index is 0.675. The zero-order valence-corrected chi connectivity index (χ0v) is 11.2. The number of benzene rings is 1. The van der Waals surface area contributed by atoms with Crippen LogP contribution in [0.2, 0.25) is 5.02 Å². The Morgan fingerprint density at radius 1 is 1.44 bits per heavy atom. The van der Waals surface area contributed by atoms with E-state index in [1.165, 1.54) is 24.8 Å². The molecule has 0 radical (unpaired) electrons. The van der Waals surface area contributed by atoms with E-state index in [1.807, 2.05) is 30.0 Å². The fourth-order valence-electron chi connectivity index (χ4n) is 2.34. The van der Waals surface area contributed by atoms with E-state index in [9.17, 15) is 0 Å². The molecule has 1 aromatic rings. The molecule has 3 heteroatoms. The summed E-state index contributed by atoms with van der Waals surface area (Å²) in [4.78, 5) is 0. The molecule has 2 rings (SSSR count). The van der Waals surface area contributed by atoms with Gasteiger partial charge < -0.3 is 5.32 Å². The van der Waals surface area contributed by atoms with Crippen molar-refractivity contribution in [1.29, 1.82) is 0 Å². The maximum atomic E-state index is 5.96. The molecule has 1 nitrogen and oxygen atoms in total. The molecule has 0 saturated heterocycles. The van der Waals surface area contributed by atoms with E-state index < -0.39 is 0 Å². The summed E-state index contributed by atoms with van der Waals surface area (Å²) in [6.45, 7) is 0.933. The van der Waals surface area contributed by atoms with E-state index in [0.29, 0.717) is 6.04 Å². The van der Waals surface area contributed by atoms with E-state index in [-0.39, 0.29) is 0 Å². The van der Waals surface area contributed by atoms with E-state index in [1.54, 1.807) is 0 Å². The summed E-state index contributed by atoms with van der Waals surface area (Å²) >= 11 is 7.95. The first-order chi connectivity index (χ1) is 7.79. The van der Waals surface area contributed by atoms with Crippen molar-refractivity contribution in [2.75, 3.05) is 6.26 Å². The Kier molecular flexibility index (Phi) is 4.56. The number of thioether (sulfide) groups is 1. The standard InChI is InChI=1S/C13H18ClNS/c1-16-13-7-3-6-12(13)15-9-10-4-2-5-11(14)8-10/h2,4-5,8,12-13,15H,3,6-7,9H2,1H3.